The summed E-state index contributed by atoms with van der Waals surface area (Å²) in [5.41, 5.74) is -0.858. The van der Waals surface area contributed by atoms with Gasteiger partial charge in [-0.3, -0.25) is 0 Å². The zero-order valence-electron chi connectivity index (χ0n) is 12.5. The number of urea groups is 1. The van der Waals surface area contributed by atoms with E-state index in [0.29, 0.717) is 24.6 Å². The summed E-state index contributed by atoms with van der Waals surface area (Å²) in [6.45, 7) is 4.70. The first kappa shape index (κ1) is 15.4. The van der Waals surface area contributed by atoms with Gasteiger partial charge in [-0.05, 0) is 38.2 Å². The lowest BCUT2D eigenvalue weighted by molar-refractivity contribution is -0.144. The van der Waals surface area contributed by atoms with Crippen LogP contribution in [0.3, 0.4) is 0 Å². The van der Waals surface area contributed by atoms with Crippen molar-refractivity contribution in [3.8, 4) is 0 Å². The van der Waals surface area contributed by atoms with Crippen molar-refractivity contribution in [1.82, 2.24) is 10.2 Å². The summed E-state index contributed by atoms with van der Waals surface area (Å²) < 4.78 is 0. The minimum Gasteiger partial charge on any atom is -0.479 e. The Kier molecular flexibility index (Phi) is 4.50. The number of hydrogen-bond acceptors (Lipinski definition) is 2. The minimum atomic E-state index is -1.42. The fourth-order valence-corrected chi connectivity index (χ4v) is 2.28. The minimum absolute atomic E-state index is 0.321. The van der Waals surface area contributed by atoms with Crippen molar-refractivity contribution in [1.29, 1.82) is 0 Å². The molecule has 2 N–H and O–H groups in total. The molecular weight excluding hydrogens is 268 g/mol. The molecule has 0 spiro atoms. The second-order valence-electron chi connectivity index (χ2n) is 5.71. The molecule has 1 aromatic rings. The first-order chi connectivity index (χ1) is 9.97. The van der Waals surface area contributed by atoms with Gasteiger partial charge in [-0.25, -0.2) is 9.59 Å². The molecule has 0 saturated heterocycles. The van der Waals surface area contributed by atoms with Gasteiger partial charge in [-0.2, -0.15) is 0 Å². The summed E-state index contributed by atoms with van der Waals surface area (Å²) in [5, 5.41) is 12.2. The third-order valence-corrected chi connectivity index (χ3v) is 3.98. The van der Waals surface area contributed by atoms with E-state index >= 15 is 0 Å². The molecule has 21 heavy (non-hydrogen) atoms. The van der Waals surface area contributed by atoms with Crippen molar-refractivity contribution in [3.63, 3.8) is 0 Å². The molecule has 1 aliphatic carbocycles. The molecule has 2 rings (SSSR count). The maximum Gasteiger partial charge on any atom is 0.333 e. The number of rotatable bonds is 6. The summed E-state index contributed by atoms with van der Waals surface area (Å²) in [4.78, 5) is 25.7. The summed E-state index contributed by atoms with van der Waals surface area (Å²) in [6.07, 6.45) is 2.30. The second-order valence-corrected chi connectivity index (χ2v) is 5.71. The smallest absolute Gasteiger partial charge is 0.333 e. The molecule has 1 fully saturated rings. The molecule has 2 amide bonds. The van der Waals surface area contributed by atoms with Crippen LogP contribution in [0.1, 0.15) is 32.3 Å². The van der Waals surface area contributed by atoms with Crippen molar-refractivity contribution in [2.45, 2.75) is 32.2 Å². The van der Waals surface area contributed by atoms with E-state index in [1.807, 2.05) is 13.0 Å². The predicted molar refractivity (Wildman–Crippen MR) is 79.9 cm³/mol. The van der Waals surface area contributed by atoms with E-state index in [1.54, 1.807) is 29.2 Å². The van der Waals surface area contributed by atoms with E-state index in [4.69, 9.17) is 0 Å². The maximum atomic E-state index is 12.4. The Morgan fingerprint density at radius 2 is 1.95 bits per heavy atom. The van der Waals surface area contributed by atoms with Crippen LogP contribution in [0.2, 0.25) is 0 Å². The topological polar surface area (TPSA) is 69.6 Å². The summed E-state index contributed by atoms with van der Waals surface area (Å²) in [7, 11) is 0. The van der Waals surface area contributed by atoms with Crippen LogP contribution in [0, 0.1) is 5.92 Å². The maximum absolute atomic E-state index is 12.4. The van der Waals surface area contributed by atoms with E-state index in [-0.39, 0.29) is 6.03 Å². The van der Waals surface area contributed by atoms with Gasteiger partial charge in [-0.15, -0.1) is 0 Å². The molecule has 1 saturated carbocycles. The summed E-state index contributed by atoms with van der Waals surface area (Å²) in [5.74, 6) is -0.493. The molecule has 0 heterocycles. The highest BCUT2D eigenvalue weighted by Gasteiger charge is 2.38. The number of nitrogens with one attached hydrogen (secondary N) is 1. The fraction of sp³-hybridized carbons (Fsp3) is 0.500. The van der Waals surface area contributed by atoms with Gasteiger partial charge in [-0.1, -0.05) is 30.3 Å². The molecule has 114 valence electrons. The molecule has 0 bridgehead atoms. The lowest BCUT2D eigenvalue weighted by Gasteiger charge is -2.30. The molecular formula is C16H22N2O3. The van der Waals surface area contributed by atoms with Gasteiger partial charge < -0.3 is 15.3 Å². The SMILES string of the molecule is CCN(CC1CC1)C(=O)NC(C)(C(=O)O)c1ccccc1. The fourth-order valence-electron chi connectivity index (χ4n) is 2.28. The largest absolute Gasteiger partial charge is 0.479 e. The Morgan fingerprint density at radius 3 is 2.43 bits per heavy atom. The van der Waals surface area contributed by atoms with E-state index in [2.05, 4.69) is 5.32 Å². The van der Waals surface area contributed by atoms with Crippen LogP contribution in [0.5, 0.6) is 0 Å². The van der Waals surface area contributed by atoms with Crippen LogP contribution in [0.4, 0.5) is 4.79 Å². The van der Waals surface area contributed by atoms with Crippen LogP contribution >= 0.6 is 0 Å². The van der Waals surface area contributed by atoms with Gasteiger partial charge >= 0.3 is 12.0 Å². The highest BCUT2D eigenvalue weighted by molar-refractivity contribution is 5.87. The molecule has 1 atom stereocenters. The monoisotopic (exact) mass is 290 g/mol. The van der Waals surface area contributed by atoms with Gasteiger partial charge in [0, 0.05) is 13.1 Å². The average Bonchev–Trinajstić information content (AvgIpc) is 3.29. The van der Waals surface area contributed by atoms with Gasteiger partial charge in [0.1, 0.15) is 0 Å². The number of aliphatic carboxylic acids is 1. The molecule has 1 aliphatic rings. The molecule has 5 heteroatoms. The number of benzene rings is 1. The Bertz CT molecular complexity index is 514. The predicted octanol–water partition coefficient (Wildman–Crippen LogP) is 2.43. The first-order valence-corrected chi connectivity index (χ1v) is 7.33. The Hall–Kier alpha value is -2.04. The third-order valence-electron chi connectivity index (χ3n) is 3.98. The van der Waals surface area contributed by atoms with Crippen molar-refractivity contribution in [2.24, 2.45) is 5.92 Å². The van der Waals surface area contributed by atoms with Gasteiger partial charge in [0.15, 0.2) is 5.54 Å². The highest BCUT2D eigenvalue weighted by Crippen LogP contribution is 2.30. The van der Waals surface area contributed by atoms with E-state index in [1.165, 1.54) is 6.92 Å². The highest BCUT2D eigenvalue weighted by atomic mass is 16.4. The zero-order chi connectivity index (χ0) is 15.5. The Balaban J connectivity index is 2.15. The summed E-state index contributed by atoms with van der Waals surface area (Å²) in [6, 6.07) is 8.46. The molecule has 0 radical (unpaired) electrons. The number of amides is 2. The number of carbonyl (C=O) groups excluding carboxylic acids is 1. The van der Waals surface area contributed by atoms with Crippen LogP contribution < -0.4 is 5.32 Å². The van der Waals surface area contributed by atoms with Crippen LogP contribution in [-0.2, 0) is 10.3 Å². The van der Waals surface area contributed by atoms with E-state index < -0.39 is 11.5 Å². The first-order valence-electron chi connectivity index (χ1n) is 7.33. The third kappa shape index (κ3) is 3.54. The number of carboxylic acids is 1. The normalized spacial score (nSPS) is 16.9. The average molecular weight is 290 g/mol. The van der Waals surface area contributed by atoms with Crippen molar-refractivity contribution < 1.29 is 14.7 Å². The van der Waals surface area contributed by atoms with Crippen LogP contribution in [0.25, 0.3) is 0 Å². The Morgan fingerprint density at radius 1 is 1.33 bits per heavy atom. The number of hydrogen-bond donors (Lipinski definition) is 2. The zero-order valence-corrected chi connectivity index (χ0v) is 12.5. The van der Waals surface area contributed by atoms with Crippen LogP contribution in [0.15, 0.2) is 30.3 Å². The van der Waals surface area contributed by atoms with Gasteiger partial charge in [0.05, 0.1) is 0 Å². The van der Waals surface area contributed by atoms with Crippen molar-refractivity contribution >= 4 is 12.0 Å². The molecule has 1 aromatic carbocycles. The van der Waals surface area contributed by atoms with E-state index in [9.17, 15) is 14.7 Å². The van der Waals surface area contributed by atoms with Gasteiger partial charge in [0.25, 0.3) is 0 Å². The number of carbonyl (C=O) groups is 2. The van der Waals surface area contributed by atoms with E-state index in [0.717, 1.165) is 12.8 Å². The van der Waals surface area contributed by atoms with Crippen LogP contribution in [-0.4, -0.2) is 35.1 Å². The second kappa shape index (κ2) is 6.16. The summed E-state index contributed by atoms with van der Waals surface area (Å²) >= 11 is 0. The Labute approximate surface area is 125 Å². The molecule has 1 unspecified atom stereocenters. The lowest BCUT2D eigenvalue weighted by atomic mass is 9.92. The standard InChI is InChI=1S/C16H22N2O3/c1-3-18(11-12-9-10-12)15(21)17-16(2,14(19)20)13-7-5-4-6-8-13/h4-8,12H,3,9-11H2,1-2H3,(H,17,21)(H,19,20). The number of nitrogens with zero attached hydrogens (tertiary/aromatic N) is 1. The van der Waals surface area contributed by atoms with Gasteiger partial charge in [0.2, 0.25) is 0 Å². The molecule has 5 nitrogen and oxygen atoms in total. The quantitative estimate of drug-likeness (QED) is 0.845. The lowest BCUT2D eigenvalue weighted by Crippen LogP contribution is -2.54. The molecule has 0 aromatic heterocycles. The van der Waals surface area contributed by atoms with Crippen molar-refractivity contribution in [3.05, 3.63) is 35.9 Å². The number of carboxylic acid groups (broad SMARTS) is 1. The molecule has 0 aliphatic heterocycles. The van der Waals surface area contributed by atoms with Crippen molar-refractivity contribution in [2.75, 3.05) is 13.1 Å².